The first kappa shape index (κ1) is 18.6. The fourth-order valence-corrected chi connectivity index (χ4v) is 3.66. The Labute approximate surface area is 171 Å². The van der Waals surface area contributed by atoms with E-state index in [9.17, 15) is 4.79 Å². The second kappa shape index (κ2) is 7.73. The van der Waals surface area contributed by atoms with Gasteiger partial charge in [0, 0.05) is 16.8 Å². The molecule has 1 aromatic heterocycles. The Kier molecular flexibility index (Phi) is 5.15. The zero-order valence-electron chi connectivity index (χ0n) is 15.2. The molecule has 1 unspecified atom stereocenters. The van der Waals surface area contributed by atoms with E-state index in [1.54, 1.807) is 29.1 Å². The van der Waals surface area contributed by atoms with Gasteiger partial charge in [0.25, 0.3) is 0 Å². The van der Waals surface area contributed by atoms with Gasteiger partial charge in [-0.25, -0.2) is 0 Å². The number of fused-ring (bicyclic) bond motifs is 1. The summed E-state index contributed by atoms with van der Waals surface area (Å²) >= 11 is 7.54. The van der Waals surface area contributed by atoms with Crippen molar-refractivity contribution in [2.24, 2.45) is 0 Å². The van der Waals surface area contributed by atoms with E-state index in [2.05, 4.69) is 15.5 Å². The third-order valence-corrected chi connectivity index (χ3v) is 5.71. The largest absolute Gasteiger partial charge is 0.454 e. The van der Waals surface area contributed by atoms with Crippen LogP contribution in [0.2, 0.25) is 5.02 Å². The highest BCUT2D eigenvalue weighted by molar-refractivity contribution is 8.00. The molecule has 1 amide bonds. The predicted molar refractivity (Wildman–Crippen MR) is 108 cm³/mol. The molecule has 0 bridgehead atoms. The molecule has 0 aliphatic carbocycles. The van der Waals surface area contributed by atoms with Gasteiger partial charge in [0.05, 0.1) is 10.9 Å². The van der Waals surface area contributed by atoms with E-state index in [0.717, 1.165) is 11.3 Å². The molecular weight excluding hydrogens is 400 g/mol. The third-order valence-electron chi connectivity index (χ3n) is 4.24. The number of carbonyl (C=O) groups excluding carboxylic acids is 1. The summed E-state index contributed by atoms with van der Waals surface area (Å²) in [5, 5.41) is 11.9. The molecule has 144 valence electrons. The summed E-state index contributed by atoms with van der Waals surface area (Å²) in [6.07, 6.45) is 1.60. The molecule has 1 N–H and O–H groups in total. The van der Waals surface area contributed by atoms with Gasteiger partial charge < -0.3 is 14.8 Å². The minimum Gasteiger partial charge on any atom is -0.454 e. The second-order valence-electron chi connectivity index (χ2n) is 6.23. The first-order chi connectivity index (χ1) is 13.5. The van der Waals surface area contributed by atoms with Gasteiger partial charge in [-0.05, 0) is 43.7 Å². The Hall–Kier alpha value is -2.71. The standard InChI is InChI=1S/C19H17ClN4O3S/c1-11-3-5-14(8-15(11)20)24-9-21-23-19(24)28-12(2)18(25)22-13-4-6-16-17(7-13)27-10-26-16/h3-9,12H,10H2,1-2H3,(H,22,25). The molecule has 1 atom stereocenters. The Morgan fingerprint density at radius 2 is 2.07 bits per heavy atom. The van der Waals surface area contributed by atoms with Crippen molar-refractivity contribution in [2.45, 2.75) is 24.3 Å². The van der Waals surface area contributed by atoms with E-state index in [4.69, 9.17) is 21.1 Å². The first-order valence-electron chi connectivity index (χ1n) is 8.55. The lowest BCUT2D eigenvalue weighted by Gasteiger charge is -2.13. The highest BCUT2D eigenvalue weighted by Gasteiger charge is 2.20. The molecule has 1 aliphatic heterocycles. The molecule has 28 heavy (non-hydrogen) atoms. The summed E-state index contributed by atoms with van der Waals surface area (Å²) in [5.41, 5.74) is 2.48. The minimum atomic E-state index is -0.394. The Morgan fingerprint density at radius 1 is 1.25 bits per heavy atom. The number of hydrogen-bond donors (Lipinski definition) is 1. The van der Waals surface area contributed by atoms with E-state index in [0.29, 0.717) is 27.4 Å². The third kappa shape index (κ3) is 3.79. The number of thioether (sulfide) groups is 1. The summed E-state index contributed by atoms with van der Waals surface area (Å²) in [4.78, 5) is 12.6. The Bertz CT molecular complexity index is 1040. The van der Waals surface area contributed by atoms with Crippen LogP contribution >= 0.6 is 23.4 Å². The van der Waals surface area contributed by atoms with Gasteiger partial charge >= 0.3 is 0 Å². The fourth-order valence-electron chi connectivity index (χ4n) is 2.64. The van der Waals surface area contributed by atoms with Crippen LogP contribution in [0.4, 0.5) is 5.69 Å². The number of nitrogens with zero attached hydrogens (tertiary/aromatic N) is 3. The van der Waals surface area contributed by atoms with Crippen LogP contribution in [0.3, 0.4) is 0 Å². The predicted octanol–water partition coefficient (Wildman–Crippen LogP) is 4.08. The highest BCUT2D eigenvalue weighted by atomic mass is 35.5. The van der Waals surface area contributed by atoms with E-state index in [-0.39, 0.29) is 12.7 Å². The molecule has 1 aliphatic rings. The molecule has 2 heterocycles. The number of ether oxygens (including phenoxy) is 2. The van der Waals surface area contributed by atoms with Crippen LogP contribution in [0.15, 0.2) is 47.9 Å². The van der Waals surface area contributed by atoms with Gasteiger partial charge in [0.15, 0.2) is 16.7 Å². The van der Waals surface area contributed by atoms with Crippen molar-refractivity contribution >= 4 is 35.0 Å². The smallest absolute Gasteiger partial charge is 0.237 e. The number of benzene rings is 2. The van der Waals surface area contributed by atoms with Gasteiger partial charge in [-0.15, -0.1) is 10.2 Å². The zero-order chi connectivity index (χ0) is 19.7. The van der Waals surface area contributed by atoms with Gasteiger partial charge in [0.2, 0.25) is 12.7 Å². The lowest BCUT2D eigenvalue weighted by molar-refractivity contribution is -0.115. The number of anilines is 1. The summed E-state index contributed by atoms with van der Waals surface area (Å²) in [6.45, 7) is 3.95. The van der Waals surface area contributed by atoms with Crippen LogP contribution < -0.4 is 14.8 Å². The number of aryl methyl sites for hydroxylation is 1. The molecule has 3 aromatic rings. The molecule has 2 aromatic carbocycles. The molecule has 0 fully saturated rings. The van der Waals surface area contributed by atoms with Crippen molar-refractivity contribution in [2.75, 3.05) is 12.1 Å². The van der Waals surface area contributed by atoms with E-state index in [1.165, 1.54) is 11.8 Å². The van der Waals surface area contributed by atoms with Crippen molar-refractivity contribution in [3.63, 3.8) is 0 Å². The average Bonchev–Trinajstić information content (AvgIpc) is 3.32. The normalized spacial score (nSPS) is 13.4. The van der Waals surface area contributed by atoms with Crippen LogP contribution in [-0.2, 0) is 4.79 Å². The Morgan fingerprint density at radius 3 is 2.89 bits per heavy atom. The highest BCUT2D eigenvalue weighted by Crippen LogP contribution is 2.34. The van der Waals surface area contributed by atoms with Crippen molar-refractivity contribution < 1.29 is 14.3 Å². The van der Waals surface area contributed by atoms with Crippen LogP contribution in [-0.4, -0.2) is 32.7 Å². The van der Waals surface area contributed by atoms with Crippen molar-refractivity contribution in [1.82, 2.24) is 14.8 Å². The van der Waals surface area contributed by atoms with E-state index < -0.39 is 5.25 Å². The summed E-state index contributed by atoms with van der Waals surface area (Å²) in [5.74, 6) is 1.14. The van der Waals surface area contributed by atoms with Gasteiger partial charge in [-0.1, -0.05) is 29.4 Å². The second-order valence-corrected chi connectivity index (χ2v) is 7.95. The molecule has 0 saturated carbocycles. The van der Waals surface area contributed by atoms with Crippen LogP contribution in [0.5, 0.6) is 11.5 Å². The molecule has 4 rings (SSSR count). The van der Waals surface area contributed by atoms with Crippen LogP contribution in [0.25, 0.3) is 5.69 Å². The Balaban J connectivity index is 1.46. The number of halogens is 1. The number of rotatable bonds is 5. The number of amides is 1. The van der Waals surface area contributed by atoms with Crippen LogP contribution in [0, 0.1) is 6.92 Å². The van der Waals surface area contributed by atoms with Crippen molar-refractivity contribution in [3.05, 3.63) is 53.3 Å². The quantitative estimate of drug-likeness (QED) is 0.631. The van der Waals surface area contributed by atoms with E-state index in [1.807, 2.05) is 32.0 Å². The molecule has 0 saturated heterocycles. The molecule has 9 heteroatoms. The maximum Gasteiger partial charge on any atom is 0.237 e. The topological polar surface area (TPSA) is 78.3 Å². The van der Waals surface area contributed by atoms with Crippen LogP contribution in [0.1, 0.15) is 12.5 Å². The lowest BCUT2D eigenvalue weighted by atomic mass is 10.2. The summed E-state index contributed by atoms with van der Waals surface area (Å²) < 4.78 is 12.4. The minimum absolute atomic E-state index is 0.152. The SMILES string of the molecule is Cc1ccc(-n2cnnc2SC(C)C(=O)Nc2ccc3c(c2)OCO3)cc1Cl. The van der Waals surface area contributed by atoms with Gasteiger partial charge in [-0.3, -0.25) is 9.36 Å². The fraction of sp³-hybridized carbons (Fsp3) is 0.211. The molecular formula is C19H17ClN4O3S. The van der Waals surface area contributed by atoms with E-state index >= 15 is 0 Å². The number of nitrogens with one attached hydrogen (secondary N) is 1. The molecule has 0 spiro atoms. The monoisotopic (exact) mass is 416 g/mol. The maximum atomic E-state index is 12.6. The molecule has 7 nitrogen and oxygen atoms in total. The van der Waals surface area contributed by atoms with Crippen molar-refractivity contribution in [3.8, 4) is 17.2 Å². The maximum absolute atomic E-state index is 12.6. The first-order valence-corrected chi connectivity index (χ1v) is 9.81. The summed E-state index contributed by atoms with van der Waals surface area (Å²) in [6, 6.07) is 11.0. The van der Waals surface area contributed by atoms with Gasteiger partial charge in [0.1, 0.15) is 6.33 Å². The van der Waals surface area contributed by atoms with Crippen molar-refractivity contribution in [1.29, 1.82) is 0 Å². The zero-order valence-corrected chi connectivity index (χ0v) is 16.8. The number of hydrogen-bond acceptors (Lipinski definition) is 6. The average molecular weight is 417 g/mol. The molecule has 0 radical (unpaired) electrons. The summed E-state index contributed by atoms with van der Waals surface area (Å²) in [7, 11) is 0. The number of carbonyl (C=O) groups is 1. The lowest BCUT2D eigenvalue weighted by Crippen LogP contribution is -2.22. The van der Waals surface area contributed by atoms with Gasteiger partial charge in [-0.2, -0.15) is 0 Å². The number of aromatic nitrogens is 3.